The molecule has 0 bridgehead atoms. The first-order valence-corrected chi connectivity index (χ1v) is 9.86. The number of benzene rings is 2. The molecular weight excluding hydrogens is 378 g/mol. The quantitative estimate of drug-likeness (QED) is 0.676. The highest BCUT2D eigenvalue weighted by molar-refractivity contribution is 9.10. The first-order valence-electron chi connectivity index (χ1n) is 9.07. The Kier molecular flexibility index (Phi) is 4.80. The van der Waals surface area contributed by atoms with Gasteiger partial charge in [0.05, 0.1) is 0 Å². The molecule has 0 saturated carbocycles. The number of ether oxygens (including phenoxy) is 1. The third kappa shape index (κ3) is 3.74. The number of halogens is 1. The van der Waals surface area contributed by atoms with E-state index >= 15 is 0 Å². The zero-order valence-corrected chi connectivity index (χ0v) is 15.8. The van der Waals surface area contributed by atoms with E-state index in [1.165, 1.54) is 41.5 Å². The van der Waals surface area contributed by atoms with E-state index in [2.05, 4.69) is 33.4 Å². The average Bonchev–Trinajstić information content (AvgIpc) is 2.62. The number of nitrogens with one attached hydrogen (secondary N) is 1. The summed E-state index contributed by atoms with van der Waals surface area (Å²) >= 11 is 3.40. The molecule has 0 aromatic heterocycles. The standard InChI is InChI=1S/C21H22BrNO2/c22-17-8-10-18(11-9-17)23-21(24)25-20-7-3-6-16-12-14-4-1-2-5-15(14)13-19(16)20/h8-13,20H,1-7H2,(H,23,24). The third-order valence-corrected chi connectivity index (χ3v) is 5.73. The van der Waals surface area contributed by atoms with Gasteiger partial charge in [0, 0.05) is 10.2 Å². The molecule has 0 saturated heterocycles. The van der Waals surface area contributed by atoms with Crippen LogP contribution in [0, 0.1) is 0 Å². The van der Waals surface area contributed by atoms with Gasteiger partial charge in [-0.1, -0.05) is 28.1 Å². The zero-order chi connectivity index (χ0) is 17.2. The summed E-state index contributed by atoms with van der Waals surface area (Å²) in [6.45, 7) is 0. The predicted molar refractivity (Wildman–Crippen MR) is 103 cm³/mol. The number of hydrogen-bond donors (Lipinski definition) is 1. The van der Waals surface area contributed by atoms with Gasteiger partial charge in [-0.3, -0.25) is 5.32 Å². The number of fused-ring (bicyclic) bond motifs is 2. The van der Waals surface area contributed by atoms with Crippen LogP contribution in [-0.2, 0) is 24.0 Å². The van der Waals surface area contributed by atoms with E-state index in [1.807, 2.05) is 24.3 Å². The molecule has 1 N–H and O–H groups in total. The molecule has 3 nitrogen and oxygen atoms in total. The van der Waals surface area contributed by atoms with Crippen LogP contribution in [0.3, 0.4) is 0 Å². The van der Waals surface area contributed by atoms with Gasteiger partial charge in [-0.05, 0) is 91.5 Å². The fraction of sp³-hybridized carbons (Fsp3) is 0.381. The summed E-state index contributed by atoms with van der Waals surface area (Å²) in [5.74, 6) is 0. The summed E-state index contributed by atoms with van der Waals surface area (Å²) in [7, 11) is 0. The molecule has 0 fully saturated rings. The van der Waals surface area contributed by atoms with Crippen LogP contribution in [0.1, 0.15) is 54.0 Å². The van der Waals surface area contributed by atoms with Gasteiger partial charge in [0.15, 0.2) is 0 Å². The van der Waals surface area contributed by atoms with E-state index < -0.39 is 0 Å². The Labute approximate surface area is 156 Å². The first kappa shape index (κ1) is 16.6. The molecule has 0 spiro atoms. The molecule has 25 heavy (non-hydrogen) atoms. The Hall–Kier alpha value is -1.81. The Morgan fingerprint density at radius 1 is 0.960 bits per heavy atom. The van der Waals surface area contributed by atoms with E-state index in [0.29, 0.717) is 0 Å². The molecule has 130 valence electrons. The number of anilines is 1. The number of aryl methyl sites for hydroxylation is 3. The molecular formula is C21H22BrNO2. The Bertz CT molecular complexity index is 785. The predicted octanol–water partition coefficient (Wildman–Crippen LogP) is 5.95. The lowest BCUT2D eigenvalue weighted by Gasteiger charge is -2.28. The summed E-state index contributed by atoms with van der Waals surface area (Å²) in [5, 5.41) is 2.83. The van der Waals surface area contributed by atoms with Crippen molar-refractivity contribution >= 4 is 27.7 Å². The molecule has 2 aliphatic rings. The fourth-order valence-electron chi connectivity index (χ4n) is 3.94. The molecule has 2 aliphatic carbocycles. The molecule has 1 unspecified atom stereocenters. The zero-order valence-electron chi connectivity index (χ0n) is 14.2. The van der Waals surface area contributed by atoms with Gasteiger partial charge in [-0.2, -0.15) is 0 Å². The average molecular weight is 400 g/mol. The number of carbonyl (C=O) groups is 1. The van der Waals surface area contributed by atoms with Crippen molar-refractivity contribution in [1.29, 1.82) is 0 Å². The molecule has 0 aliphatic heterocycles. The van der Waals surface area contributed by atoms with Crippen molar-refractivity contribution in [2.24, 2.45) is 0 Å². The lowest BCUT2D eigenvalue weighted by Crippen LogP contribution is -2.21. The van der Waals surface area contributed by atoms with Crippen molar-refractivity contribution in [3.8, 4) is 0 Å². The molecule has 0 radical (unpaired) electrons. The van der Waals surface area contributed by atoms with E-state index in [0.717, 1.165) is 35.8 Å². The molecule has 2 aromatic carbocycles. The smallest absolute Gasteiger partial charge is 0.412 e. The van der Waals surface area contributed by atoms with Gasteiger partial charge >= 0.3 is 6.09 Å². The van der Waals surface area contributed by atoms with E-state index in [4.69, 9.17) is 4.74 Å². The van der Waals surface area contributed by atoms with Gasteiger partial charge in [0.1, 0.15) is 6.10 Å². The summed E-state index contributed by atoms with van der Waals surface area (Å²) in [5.41, 5.74) is 6.29. The molecule has 4 rings (SSSR count). The Morgan fingerprint density at radius 3 is 2.40 bits per heavy atom. The van der Waals surface area contributed by atoms with Gasteiger partial charge in [0.2, 0.25) is 0 Å². The van der Waals surface area contributed by atoms with Crippen LogP contribution >= 0.6 is 15.9 Å². The highest BCUT2D eigenvalue weighted by atomic mass is 79.9. The largest absolute Gasteiger partial charge is 0.441 e. The summed E-state index contributed by atoms with van der Waals surface area (Å²) in [6, 6.07) is 12.2. The maximum absolute atomic E-state index is 12.3. The minimum atomic E-state index is -0.377. The Morgan fingerprint density at radius 2 is 1.64 bits per heavy atom. The highest BCUT2D eigenvalue weighted by Crippen LogP contribution is 2.36. The lowest BCUT2D eigenvalue weighted by atomic mass is 9.82. The van der Waals surface area contributed by atoms with Gasteiger partial charge < -0.3 is 4.74 Å². The normalized spacial score (nSPS) is 18.8. The van der Waals surface area contributed by atoms with Crippen molar-refractivity contribution in [2.45, 2.75) is 51.0 Å². The monoisotopic (exact) mass is 399 g/mol. The van der Waals surface area contributed by atoms with Crippen molar-refractivity contribution in [3.63, 3.8) is 0 Å². The lowest BCUT2D eigenvalue weighted by molar-refractivity contribution is 0.0998. The van der Waals surface area contributed by atoms with Crippen molar-refractivity contribution in [1.82, 2.24) is 0 Å². The number of rotatable bonds is 2. The molecule has 1 atom stereocenters. The molecule has 1 amide bonds. The minimum Gasteiger partial charge on any atom is -0.441 e. The molecule has 2 aromatic rings. The second kappa shape index (κ2) is 7.20. The van der Waals surface area contributed by atoms with E-state index in [-0.39, 0.29) is 12.2 Å². The van der Waals surface area contributed by atoms with Crippen LogP contribution < -0.4 is 5.32 Å². The van der Waals surface area contributed by atoms with Crippen molar-refractivity contribution in [3.05, 3.63) is 63.1 Å². The van der Waals surface area contributed by atoms with Gasteiger partial charge in [-0.25, -0.2) is 4.79 Å². The van der Waals surface area contributed by atoms with Crippen molar-refractivity contribution in [2.75, 3.05) is 5.32 Å². The SMILES string of the molecule is O=C(Nc1ccc(Br)cc1)OC1CCCc2cc3c(cc21)CCCC3. The second-order valence-electron chi connectivity index (χ2n) is 6.94. The number of hydrogen-bond acceptors (Lipinski definition) is 2. The maximum atomic E-state index is 12.3. The van der Waals surface area contributed by atoms with Gasteiger partial charge in [-0.15, -0.1) is 0 Å². The fourth-order valence-corrected chi connectivity index (χ4v) is 4.20. The Balaban J connectivity index is 1.50. The topological polar surface area (TPSA) is 38.3 Å². The number of amides is 1. The summed E-state index contributed by atoms with van der Waals surface area (Å²) < 4.78 is 6.76. The highest BCUT2D eigenvalue weighted by Gasteiger charge is 2.26. The maximum Gasteiger partial charge on any atom is 0.412 e. The second-order valence-corrected chi connectivity index (χ2v) is 7.86. The summed E-state index contributed by atoms with van der Waals surface area (Å²) in [4.78, 5) is 12.3. The van der Waals surface area contributed by atoms with Crippen LogP contribution in [0.4, 0.5) is 10.5 Å². The molecule has 4 heteroatoms. The first-order chi connectivity index (χ1) is 12.2. The van der Waals surface area contributed by atoms with Crippen LogP contribution in [0.5, 0.6) is 0 Å². The van der Waals surface area contributed by atoms with Crippen LogP contribution in [0.2, 0.25) is 0 Å². The van der Waals surface area contributed by atoms with Gasteiger partial charge in [0.25, 0.3) is 0 Å². The van der Waals surface area contributed by atoms with Crippen LogP contribution in [-0.4, -0.2) is 6.09 Å². The van der Waals surface area contributed by atoms with Crippen molar-refractivity contribution < 1.29 is 9.53 Å². The minimum absolute atomic E-state index is 0.133. The molecule has 0 heterocycles. The summed E-state index contributed by atoms with van der Waals surface area (Å²) in [6.07, 6.45) is 7.46. The van der Waals surface area contributed by atoms with E-state index in [9.17, 15) is 4.79 Å². The van der Waals surface area contributed by atoms with Crippen LogP contribution in [0.25, 0.3) is 0 Å². The van der Waals surface area contributed by atoms with Crippen LogP contribution in [0.15, 0.2) is 40.9 Å². The third-order valence-electron chi connectivity index (χ3n) is 5.20. The number of carbonyl (C=O) groups excluding carboxylic acids is 1. The van der Waals surface area contributed by atoms with E-state index in [1.54, 1.807) is 0 Å².